The molecule has 0 radical (unpaired) electrons. The van der Waals surface area contributed by atoms with Gasteiger partial charge >= 0.3 is 0 Å². The molecule has 1 N–H and O–H groups in total. The van der Waals surface area contributed by atoms with E-state index in [2.05, 4.69) is 5.18 Å². The van der Waals surface area contributed by atoms with Gasteiger partial charge in [-0.05, 0) is 34.1 Å². The van der Waals surface area contributed by atoms with Crippen molar-refractivity contribution in [3.8, 4) is 11.6 Å². The van der Waals surface area contributed by atoms with Gasteiger partial charge in [-0.25, -0.2) is 0 Å². The normalized spacial score (nSPS) is 11.1. The number of fused-ring (bicyclic) bond motifs is 2. The van der Waals surface area contributed by atoms with E-state index in [4.69, 9.17) is 16.3 Å². The molecule has 3 aromatic carbocycles. The second-order valence-corrected chi connectivity index (χ2v) is 6.32. The van der Waals surface area contributed by atoms with Crippen LogP contribution in [0, 0.1) is 4.91 Å². The van der Waals surface area contributed by atoms with Gasteiger partial charge in [-0.3, -0.25) is 0 Å². The van der Waals surface area contributed by atoms with Crippen LogP contribution < -0.4 is 4.74 Å². The summed E-state index contributed by atoms with van der Waals surface area (Å²) < 4.78 is 7.37. The molecule has 0 spiro atoms. The van der Waals surface area contributed by atoms with Crippen LogP contribution >= 0.6 is 11.6 Å². The van der Waals surface area contributed by atoms with E-state index in [0.717, 1.165) is 16.5 Å². The molecule has 6 heteroatoms. The van der Waals surface area contributed by atoms with E-state index in [1.807, 2.05) is 42.5 Å². The van der Waals surface area contributed by atoms with E-state index in [-0.39, 0.29) is 11.6 Å². The average Bonchev–Trinajstić information content (AvgIpc) is 2.94. The fourth-order valence-corrected chi connectivity index (χ4v) is 3.43. The fraction of sp³-hybridized carbons (Fsp3) is 0.100. The number of halogens is 1. The molecule has 0 aliphatic carbocycles. The Kier molecular flexibility index (Phi) is 4.22. The van der Waals surface area contributed by atoms with Crippen LogP contribution in [-0.2, 0) is 6.54 Å². The van der Waals surface area contributed by atoms with Gasteiger partial charge in [-0.1, -0.05) is 54.1 Å². The second-order valence-electron chi connectivity index (χ2n) is 5.91. The quantitative estimate of drug-likeness (QED) is 0.465. The van der Waals surface area contributed by atoms with Crippen molar-refractivity contribution in [1.29, 1.82) is 0 Å². The van der Waals surface area contributed by atoms with Gasteiger partial charge in [-0.15, -0.1) is 4.91 Å². The highest BCUT2D eigenvalue weighted by Crippen LogP contribution is 2.41. The molecule has 0 unspecified atom stereocenters. The smallest absolute Gasteiger partial charge is 0.222 e. The molecule has 0 aliphatic heterocycles. The first-order valence-corrected chi connectivity index (χ1v) is 8.51. The van der Waals surface area contributed by atoms with Crippen LogP contribution in [-0.4, -0.2) is 16.3 Å². The molecule has 0 atom stereocenters. The number of para-hydroxylation sites is 1. The van der Waals surface area contributed by atoms with Crippen LogP contribution in [0.4, 0.5) is 5.69 Å². The summed E-state index contributed by atoms with van der Waals surface area (Å²) in [7, 11) is 0. The van der Waals surface area contributed by atoms with E-state index >= 15 is 0 Å². The van der Waals surface area contributed by atoms with E-state index in [9.17, 15) is 10.0 Å². The topological polar surface area (TPSA) is 63.8 Å². The molecule has 5 nitrogen and oxygen atoms in total. The Labute approximate surface area is 154 Å². The molecule has 4 rings (SSSR count). The molecular formula is C20H15ClN2O3. The van der Waals surface area contributed by atoms with Crippen LogP contribution in [0.15, 0.2) is 65.8 Å². The highest BCUT2D eigenvalue weighted by molar-refractivity contribution is 6.35. The van der Waals surface area contributed by atoms with Gasteiger partial charge in [0.15, 0.2) is 5.69 Å². The SMILES string of the molecule is O=Nc1c(O)n(CCOc2ccc3ccccc3c2)c2c(Cl)cccc12. The summed E-state index contributed by atoms with van der Waals surface area (Å²) in [4.78, 5) is 11.1. The minimum atomic E-state index is -0.204. The molecule has 0 fully saturated rings. The van der Waals surface area contributed by atoms with E-state index in [1.54, 1.807) is 22.8 Å². The lowest BCUT2D eigenvalue weighted by atomic mass is 10.1. The number of nitrogens with zero attached hydrogens (tertiary/aromatic N) is 2. The average molecular weight is 367 g/mol. The van der Waals surface area contributed by atoms with Crippen LogP contribution in [0.1, 0.15) is 0 Å². The fourth-order valence-electron chi connectivity index (χ4n) is 3.15. The molecule has 4 aromatic rings. The minimum Gasteiger partial charge on any atom is -0.493 e. The molecule has 0 bridgehead atoms. The number of hydrogen-bond acceptors (Lipinski definition) is 4. The van der Waals surface area contributed by atoms with Crippen molar-refractivity contribution in [1.82, 2.24) is 4.57 Å². The molecule has 0 aliphatic rings. The van der Waals surface area contributed by atoms with Gasteiger partial charge in [0.25, 0.3) is 0 Å². The predicted molar refractivity (Wildman–Crippen MR) is 104 cm³/mol. The summed E-state index contributed by atoms with van der Waals surface area (Å²) in [6.45, 7) is 0.633. The Hall–Kier alpha value is -3.05. The highest BCUT2D eigenvalue weighted by atomic mass is 35.5. The first kappa shape index (κ1) is 16.4. The first-order chi connectivity index (χ1) is 12.7. The van der Waals surface area contributed by atoms with Gasteiger partial charge in [0.2, 0.25) is 5.88 Å². The van der Waals surface area contributed by atoms with Gasteiger partial charge < -0.3 is 14.4 Å². The van der Waals surface area contributed by atoms with Gasteiger partial charge in [0.05, 0.1) is 17.1 Å². The van der Waals surface area contributed by atoms with Crippen LogP contribution in [0.5, 0.6) is 11.6 Å². The number of aromatic nitrogens is 1. The van der Waals surface area contributed by atoms with E-state index < -0.39 is 0 Å². The van der Waals surface area contributed by atoms with Gasteiger partial charge in [0, 0.05) is 5.39 Å². The van der Waals surface area contributed by atoms with Crippen LogP contribution in [0.25, 0.3) is 21.7 Å². The number of benzene rings is 3. The zero-order valence-electron chi connectivity index (χ0n) is 13.7. The number of aromatic hydroxyl groups is 1. The standard InChI is InChI=1S/C20H15ClN2O3/c21-17-7-3-6-16-18(22-25)20(24)23(19(16)17)10-11-26-15-9-8-13-4-1-2-5-14(13)12-15/h1-9,12,24H,10-11H2. The number of hydrogen-bond donors (Lipinski definition) is 1. The van der Waals surface area contributed by atoms with Crippen LogP contribution in [0.3, 0.4) is 0 Å². The van der Waals surface area contributed by atoms with E-state index in [1.165, 1.54) is 0 Å². The molecule has 26 heavy (non-hydrogen) atoms. The highest BCUT2D eigenvalue weighted by Gasteiger charge is 2.19. The number of nitroso groups, excluding NO2 is 1. The lowest BCUT2D eigenvalue weighted by Gasteiger charge is -2.10. The van der Waals surface area contributed by atoms with E-state index in [0.29, 0.717) is 29.1 Å². The Balaban J connectivity index is 1.59. The minimum absolute atomic E-state index is 0.00629. The summed E-state index contributed by atoms with van der Waals surface area (Å²) >= 11 is 6.25. The third kappa shape index (κ3) is 2.76. The molecule has 130 valence electrons. The second kappa shape index (κ2) is 6.69. The third-order valence-electron chi connectivity index (χ3n) is 4.38. The molecule has 1 aromatic heterocycles. The van der Waals surface area contributed by atoms with Crippen molar-refractivity contribution in [3.63, 3.8) is 0 Å². The zero-order chi connectivity index (χ0) is 18.1. The lowest BCUT2D eigenvalue weighted by molar-refractivity contribution is 0.291. The Morgan fingerprint density at radius 3 is 2.65 bits per heavy atom. The maximum Gasteiger partial charge on any atom is 0.222 e. The molecule has 0 amide bonds. The van der Waals surface area contributed by atoms with Crippen molar-refractivity contribution in [2.75, 3.05) is 6.61 Å². The summed E-state index contributed by atoms with van der Waals surface area (Å²) in [5, 5.41) is 16.5. The van der Waals surface area contributed by atoms with Gasteiger partial charge in [-0.2, -0.15) is 0 Å². The number of rotatable bonds is 5. The monoisotopic (exact) mass is 366 g/mol. The molecule has 0 saturated heterocycles. The largest absolute Gasteiger partial charge is 0.493 e. The van der Waals surface area contributed by atoms with Crippen molar-refractivity contribution < 1.29 is 9.84 Å². The molecule has 0 saturated carbocycles. The maximum absolute atomic E-state index is 11.1. The maximum atomic E-state index is 11.1. The Bertz CT molecular complexity index is 1120. The van der Waals surface area contributed by atoms with Crippen LogP contribution in [0.2, 0.25) is 5.02 Å². The summed E-state index contributed by atoms with van der Waals surface area (Å²) in [6.07, 6.45) is 0. The van der Waals surface area contributed by atoms with Crippen molar-refractivity contribution in [2.45, 2.75) is 6.54 Å². The lowest BCUT2D eigenvalue weighted by Crippen LogP contribution is -2.07. The molecule has 1 heterocycles. The zero-order valence-corrected chi connectivity index (χ0v) is 14.5. The summed E-state index contributed by atoms with van der Waals surface area (Å²) in [5.41, 5.74) is 0.566. The predicted octanol–water partition coefficient (Wildman–Crippen LogP) is 5.63. The number of ether oxygens (including phenoxy) is 1. The van der Waals surface area contributed by atoms with Crippen molar-refractivity contribution >= 4 is 39.0 Å². The first-order valence-electron chi connectivity index (χ1n) is 8.13. The Morgan fingerprint density at radius 1 is 1.04 bits per heavy atom. The summed E-state index contributed by atoms with van der Waals surface area (Å²) in [6, 6.07) is 19.0. The van der Waals surface area contributed by atoms with Crippen molar-refractivity contribution in [2.24, 2.45) is 5.18 Å². The molecular weight excluding hydrogens is 352 g/mol. The van der Waals surface area contributed by atoms with Gasteiger partial charge in [0.1, 0.15) is 12.4 Å². The summed E-state index contributed by atoms with van der Waals surface area (Å²) in [5.74, 6) is 0.532. The third-order valence-corrected chi connectivity index (χ3v) is 4.68. The Morgan fingerprint density at radius 2 is 1.85 bits per heavy atom. The van der Waals surface area contributed by atoms with Crippen molar-refractivity contribution in [3.05, 3.63) is 70.6 Å².